The van der Waals surface area contributed by atoms with Crippen LogP contribution in [0.15, 0.2) is 11.8 Å². The summed E-state index contributed by atoms with van der Waals surface area (Å²) < 4.78 is 5.66. The standard InChI is InChI=1S/C14H30O3Si/c1-8-9-11-15-13(10-12-18(5,6)7)16-17-14(2,3)4/h10,12-13H,8-9,11H2,1-7H3/b12-10+. The van der Waals surface area contributed by atoms with Crippen molar-refractivity contribution in [3.63, 3.8) is 0 Å². The van der Waals surface area contributed by atoms with Crippen LogP contribution in [0.2, 0.25) is 19.6 Å². The van der Waals surface area contributed by atoms with Gasteiger partial charge in [-0.1, -0.05) is 38.7 Å². The van der Waals surface area contributed by atoms with Gasteiger partial charge in [-0.25, -0.2) is 4.89 Å². The van der Waals surface area contributed by atoms with Crippen LogP contribution in [0.25, 0.3) is 0 Å². The number of ether oxygens (including phenoxy) is 1. The van der Waals surface area contributed by atoms with Crippen LogP contribution in [0, 0.1) is 0 Å². The molecule has 0 aromatic carbocycles. The lowest BCUT2D eigenvalue weighted by Gasteiger charge is -2.22. The summed E-state index contributed by atoms with van der Waals surface area (Å²) in [7, 11) is -1.24. The quantitative estimate of drug-likeness (QED) is 0.217. The first kappa shape index (κ1) is 17.8. The monoisotopic (exact) mass is 274 g/mol. The molecule has 0 aliphatic rings. The summed E-state index contributed by atoms with van der Waals surface area (Å²) >= 11 is 0. The molecule has 18 heavy (non-hydrogen) atoms. The molecule has 0 aromatic rings. The van der Waals surface area contributed by atoms with Crippen LogP contribution >= 0.6 is 0 Å². The first-order chi connectivity index (χ1) is 8.14. The molecule has 108 valence electrons. The number of hydrogen-bond acceptors (Lipinski definition) is 3. The Labute approximate surface area is 113 Å². The van der Waals surface area contributed by atoms with Crippen molar-refractivity contribution in [2.24, 2.45) is 0 Å². The van der Waals surface area contributed by atoms with Crippen molar-refractivity contribution >= 4 is 8.07 Å². The van der Waals surface area contributed by atoms with Crippen molar-refractivity contribution < 1.29 is 14.5 Å². The van der Waals surface area contributed by atoms with Crippen molar-refractivity contribution in [2.45, 2.75) is 72.1 Å². The second-order valence-electron chi connectivity index (χ2n) is 6.61. The Bertz CT molecular complexity index is 238. The fraction of sp³-hybridized carbons (Fsp3) is 0.857. The van der Waals surface area contributed by atoms with Gasteiger partial charge in [0, 0.05) is 0 Å². The third-order valence-corrected chi connectivity index (χ3v) is 3.12. The maximum absolute atomic E-state index is 5.66. The van der Waals surface area contributed by atoms with E-state index >= 15 is 0 Å². The lowest BCUT2D eigenvalue weighted by molar-refractivity contribution is -0.404. The van der Waals surface area contributed by atoms with E-state index in [4.69, 9.17) is 14.5 Å². The van der Waals surface area contributed by atoms with E-state index in [9.17, 15) is 0 Å². The first-order valence-electron chi connectivity index (χ1n) is 6.79. The Kier molecular flexibility index (Phi) is 8.02. The average Bonchev–Trinajstić information content (AvgIpc) is 2.19. The predicted molar refractivity (Wildman–Crippen MR) is 79.1 cm³/mol. The molecule has 0 saturated heterocycles. The van der Waals surface area contributed by atoms with E-state index < -0.39 is 14.4 Å². The Morgan fingerprint density at radius 3 is 2.22 bits per heavy atom. The van der Waals surface area contributed by atoms with Crippen LogP contribution < -0.4 is 0 Å². The summed E-state index contributed by atoms with van der Waals surface area (Å²) in [6.07, 6.45) is 3.73. The molecular formula is C14H30O3Si. The highest BCUT2D eigenvalue weighted by molar-refractivity contribution is 6.80. The first-order valence-corrected chi connectivity index (χ1v) is 10.4. The smallest absolute Gasteiger partial charge is 0.210 e. The molecule has 0 spiro atoms. The van der Waals surface area contributed by atoms with Crippen LogP contribution in [0.5, 0.6) is 0 Å². The minimum Gasteiger partial charge on any atom is -0.347 e. The van der Waals surface area contributed by atoms with Crippen LogP contribution in [-0.2, 0) is 14.5 Å². The van der Waals surface area contributed by atoms with Crippen molar-refractivity contribution in [3.05, 3.63) is 11.8 Å². The number of hydrogen-bond donors (Lipinski definition) is 0. The molecule has 0 aliphatic heterocycles. The van der Waals surface area contributed by atoms with Gasteiger partial charge in [0.25, 0.3) is 0 Å². The third-order valence-electron chi connectivity index (χ3n) is 1.93. The van der Waals surface area contributed by atoms with Crippen molar-refractivity contribution in [3.8, 4) is 0 Å². The van der Waals surface area contributed by atoms with E-state index in [1.54, 1.807) is 0 Å². The van der Waals surface area contributed by atoms with Crippen LogP contribution in [0.1, 0.15) is 40.5 Å². The maximum Gasteiger partial charge on any atom is 0.210 e. The van der Waals surface area contributed by atoms with Crippen molar-refractivity contribution in [1.82, 2.24) is 0 Å². The topological polar surface area (TPSA) is 27.7 Å². The predicted octanol–water partition coefficient (Wildman–Crippen LogP) is 4.31. The SMILES string of the molecule is CCCCOC(/C=C/[Si](C)(C)C)OOC(C)(C)C. The van der Waals surface area contributed by atoms with E-state index in [2.05, 4.69) is 32.3 Å². The van der Waals surface area contributed by atoms with Gasteiger partial charge in [0.1, 0.15) is 0 Å². The zero-order chi connectivity index (χ0) is 14.2. The van der Waals surface area contributed by atoms with Gasteiger partial charge in [-0.15, -0.1) is 0 Å². The molecule has 0 aliphatic carbocycles. The summed E-state index contributed by atoms with van der Waals surface area (Å²) in [6, 6.07) is 0. The molecule has 0 heterocycles. The normalized spacial score (nSPS) is 15.3. The van der Waals surface area contributed by atoms with Crippen LogP contribution in [0.3, 0.4) is 0 Å². The minimum atomic E-state index is -1.24. The van der Waals surface area contributed by atoms with E-state index in [0.29, 0.717) is 6.61 Å². The van der Waals surface area contributed by atoms with Gasteiger partial charge >= 0.3 is 0 Å². The van der Waals surface area contributed by atoms with Gasteiger partial charge in [0.2, 0.25) is 6.29 Å². The summed E-state index contributed by atoms with van der Waals surface area (Å²) in [6.45, 7) is 15.5. The summed E-state index contributed by atoms with van der Waals surface area (Å²) in [5.74, 6) is 0. The molecule has 0 saturated carbocycles. The molecule has 0 fully saturated rings. The molecule has 1 unspecified atom stereocenters. The van der Waals surface area contributed by atoms with Crippen molar-refractivity contribution in [1.29, 1.82) is 0 Å². The molecule has 4 heteroatoms. The molecule has 0 amide bonds. The molecule has 0 rings (SSSR count). The molecule has 3 nitrogen and oxygen atoms in total. The molecular weight excluding hydrogens is 244 g/mol. The summed E-state index contributed by atoms with van der Waals surface area (Å²) in [4.78, 5) is 10.7. The van der Waals surface area contributed by atoms with Gasteiger partial charge in [0.05, 0.1) is 20.3 Å². The van der Waals surface area contributed by atoms with Crippen LogP contribution in [0.4, 0.5) is 0 Å². The molecule has 0 N–H and O–H groups in total. The van der Waals surface area contributed by atoms with Crippen LogP contribution in [-0.4, -0.2) is 26.6 Å². The lowest BCUT2D eigenvalue weighted by atomic mass is 10.2. The average molecular weight is 274 g/mol. The zero-order valence-corrected chi connectivity index (χ0v) is 14.1. The van der Waals surface area contributed by atoms with E-state index in [0.717, 1.165) is 12.8 Å². The van der Waals surface area contributed by atoms with Gasteiger partial charge in [0.15, 0.2) is 0 Å². The highest BCUT2D eigenvalue weighted by atomic mass is 28.3. The highest BCUT2D eigenvalue weighted by Crippen LogP contribution is 2.12. The Morgan fingerprint density at radius 1 is 1.17 bits per heavy atom. The lowest BCUT2D eigenvalue weighted by Crippen LogP contribution is -2.26. The van der Waals surface area contributed by atoms with Crippen molar-refractivity contribution in [2.75, 3.05) is 6.61 Å². The third kappa shape index (κ3) is 12.3. The maximum atomic E-state index is 5.66. The highest BCUT2D eigenvalue weighted by Gasteiger charge is 2.17. The van der Waals surface area contributed by atoms with Gasteiger partial charge in [-0.05, 0) is 33.3 Å². The Morgan fingerprint density at radius 2 is 1.78 bits per heavy atom. The minimum absolute atomic E-state index is 0.320. The Balaban J connectivity index is 4.29. The summed E-state index contributed by atoms with van der Waals surface area (Å²) in [5, 5.41) is 0. The summed E-state index contributed by atoms with van der Waals surface area (Å²) in [5.41, 5.74) is 1.90. The van der Waals surface area contributed by atoms with Gasteiger partial charge in [-0.3, -0.25) is 0 Å². The Hall–Kier alpha value is -0.163. The van der Waals surface area contributed by atoms with Gasteiger partial charge in [-0.2, -0.15) is 4.89 Å². The second-order valence-corrected chi connectivity index (χ2v) is 11.7. The molecule has 0 bridgehead atoms. The molecule has 0 aromatic heterocycles. The number of unbranched alkanes of at least 4 members (excludes halogenated alkanes) is 1. The second kappa shape index (κ2) is 8.10. The van der Waals surface area contributed by atoms with Gasteiger partial charge < -0.3 is 4.74 Å². The largest absolute Gasteiger partial charge is 0.347 e. The fourth-order valence-electron chi connectivity index (χ4n) is 1.02. The molecule has 1 atom stereocenters. The van der Waals surface area contributed by atoms with E-state index in [1.165, 1.54) is 0 Å². The fourth-order valence-corrected chi connectivity index (χ4v) is 1.75. The zero-order valence-electron chi connectivity index (χ0n) is 13.1. The van der Waals surface area contributed by atoms with E-state index in [1.807, 2.05) is 26.8 Å². The number of rotatable bonds is 8. The van der Waals surface area contributed by atoms with E-state index in [-0.39, 0.29) is 5.60 Å². The molecule has 0 radical (unpaired) electrons.